The van der Waals surface area contributed by atoms with Gasteiger partial charge in [0.1, 0.15) is 5.92 Å². The van der Waals surface area contributed by atoms with Gasteiger partial charge in [0.05, 0.1) is 26.7 Å². The molecule has 7 heteroatoms. The molecule has 1 fully saturated rings. The van der Waals surface area contributed by atoms with E-state index >= 15 is 0 Å². The topological polar surface area (TPSA) is 76.1 Å². The molecule has 0 spiro atoms. The SMILES string of the molecule is COC(=O)C[C@H]1[C@H](C(=O)N(C)OC)C(=O)N1C. The molecule has 2 amide bonds. The van der Waals surface area contributed by atoms with Crippen LogP contribution in [0.1, 0.15) is 6.42 Å². The number of ether oxygens (including phenoxy) is 1. The van der Waals surface area contributed by atoms with Crippen LogP contribution in [0.4, 0.5) is 0 Å². The maximum atomic E-state index is 11.8. The van der Waals surface area contributed by atoms with Gasteiger partial charge in [0.15, 0.2) is 0 Å². The molecule has 17 heavy (non-hydrogen) atoms. The van der Waals surface area contributed by atoms with E-state index in [0.29, 0.717) is 0 Å². The zero-order valence-electron chi connectivity index (χ0n) is 10.3. The fraction of sp³-hybridized carbons (Fsp3) is 0.700. The number of hydrogen-bond acceptors (Lipinski definition) is 5. The van der Waals surface area contributed by atoms with Gasteiger partial charge in [-0.15, -0.1) is 0 Å². The molecular weight excluding hydrogens is 228 g/mol. The predicted octanol–water partition coefficient (Wildman–Crippen LogP) is -0.974. The lowest BCUT2D eigenvalue weighted by Crippen LogP contribution is -2.64. The van der Waals surface area contributed by atoms with E-state index in [4.69, 9.17) is 4.84 Å². The van der Waals surface area contributed by atoms with Crippen molar-refractivity contribution in [3.05, 3.63) is 0 Å². The van der Waals surface area contributed by atoms with Gasteiger partial charge < -0.3 is 9.64 Å². The van der Waals surface area contributed by atoms with Crippen LogP contribution in [0.2, 0.25) is 0 Å². The Labute approximate surface area is 99.2 Å². The van der Waals surface area contributed by atoms with Gasteiger partial charge in [-0.05, 0) is 0 Å². The zero-order chi connectivity index (χ0) is 13.2. The van der Waals surface area contributed by atoms with Crippen LogP contribution in [-0.4, -0.2) is 62.1 Å². The maximum Gasteiger partial charge on any atom is 0.307 e. The summed E-state index contributed by atoms with van der Waals surface area (Å²) in [6.45, 7) is 0. The predicted molar refractivity (Wildman–Crippen MR) is 56.5 cm³/mol. The van der Waals surface area contributed by atoms with Gasteiger partial charge >= 0.3 is 5.97 Å². The lowest BCUT2D eigenvalue weighted by Gasteiger charge is -2.44. The molecule has 1 heterocycles. The van der Waals surface area contributed by atoms with E-state index in [0.717, 1.165) is 5.06 Å². The van der Waals surface area contributed by atoms with Gasteiger partial charge in [-0.3, -0.25) is 19.2 Å². The first-order chi connectivity index (χ1) is 7.93. The van der Waals surface area contributed by atoms with Crippen molar-refractivity contribution in [1.82, 2.24) is 9.96 Å². The molecule has 1 rings (SSSR count). The van der Waals surface area contributed by atoms with Crippen LogP contribution >= 0.6 is 0 Å². The highest BCUT2D eigenvalue weighted by Gasteiger charge is 2.51. The fourth-order valence-corrected chi connectivity index (χ4v) is 1.75. The second-order valence-electron chi connectivity index (χ2n) is 3.79. The van der Waals surface area contributed by atoms with Crippen molar-refractivity contribution >= 4 is 17.8 Å². The minimum atomic E-state index is -0.857. The summed E-state index contributed by atoms with van der Waals surface area (Å²) in [5.74, 6) is -2.08. The van der Waals surface area contributed by atoms with E-state index in [-0.39, 0.29) is 12.3 Å². The van der Waals surface area contributed by atoms with Crippen molar-refractivity contribution in [3.8, 4) is 0 Å². The lowest BCUT2D eigenvalue weighted by molar-refractivity contribution is -0.187. The molecule has 0 N–H and O–H groups in total. The van der Waals surface area contributed by atoms with Crippen LogP contribution in [0.3, 0.4) is 0 Å². The van der Waals surface area contributed by atoms with Gasteiger partial charge in [-0.25, -0.2) is 5.06 Å². The molecule has 0 radical (unpaired) electrons. The van der Waals surface area contributed by atoms with E-state index in [1.807, 2.05) is 0 Å². The number of likely N-dealkylation sites (tertiary alicyclic amines) is 1. The number of hydroxylamine groups is 2. The van der Waals surface area contributed by atoms with Crippen molar-refractivity contribution < 1.29 is 24.0 Å². The smallest absolute Gasteiger partial charge is 0.307 e. The van der Waals surface area contributed by atoms with Crippen LogP contribution in [0, 0.1) is 5.92 Å². The minimum Gasteiger partial charge on any atom is -0.469 e. The molecule has 7 nitrogen and oxygen atoms in total. The summed E-state index contributed by atoms with van der Waals surface area (Å²) in [7, 11) is 5.57. The number of amides is 2. The van der Waals surface area contributed by atoms with E-state index < -0.39 is 23.8 Å². The van der Waals surface area contributed by atoms with Gasteiger partial charge in [0, 0.05) is 14.1 Å². The van der Waals surface area contributed by atoms with Crippen molar-refractivity contribution in [3.63, 3.8) is 0 Å². The number of carbonyl (C=O) groups is 3. The van der Waals surface area contributed by atoms with Crippen LogP contribution in [-0.2, 0) is 24.0 Å². The van der Waals surface area contributed by atoms with E-state index in [1.165, 1.54) is 26.2 Å². The minimum absolute atomic E-state index is 0.00665. The van der Waals surface area contributed by atoms with Crippen LogP contribution in [0.25, 0.3) is 0 Å². The summed E-state index contributed by atoms with van der Waals surface area (Å²) in [5, 5.41) is 0.986. The quantitative estimate of drug-likeness (QED) is 0.275. The Balaban J connectivity index is 2.73. The molecule has 0 bridgehead atoms. The number of rotatable bonds is 4. The Morgan fingerprint density at radius 3 is 2.47 bits per heavy atom. The summed E-state index contributed by atoms with van der Waals surface area (Å²) < 4.78 is 4.52. The average Bonchev–Trinajstić information content (AvgIpc) is 2.35. The highest BCUT2D eigenvalue weighted by Crippen LogP contribution is 2.29. The van der Waals surface area contributed by atoms with Gasteiger partial charge in [-0.1, -0.05) is 0 Å². The highest BCUT2D eigenvalue weighted by molar-refractivity contribution is 6.05. The molecule has 0 aromatic rings. The summed E-state index contributed by atoms with van der Waals surface area (Å²) in [6, 6.07) is -0.458. The van der Waals surface area contributed by atoms with Crippen molar-refractivity contribution in [1.29, 1.82) is 0 Å². The summed E-state index contributed by atoms with van der Waals surface area (Å²) >= 11 is 0. The molecule has 1 aliphatic heterocycles. The zero-order valence-corrected chi connectivity index (χ0v) is 10.3. The van der Waals surface area contributed by atoms with Crippen LogP contribution in [0.15, 0.2) is 0 Å². The number of esters is 1. The van der Waals surface area contributed by atoms with Crippen molar-refractivity contribution in [2.45, 2.75) is 12.5 Å². The maximum absolute atomic E-state index is 11.8. The first-order valence-corrected chi connectivity index (χ1v) is 5.09. The van der Waals surface area contributed by atoms with Crippen LogP contribution in [0.5, 0.6) is 0 Å². The molecular formula is C10H16N2O5. The van der Waals surface area contributed by atoms with E-state index in [1.54, 1.807) is 7.05 Å². The summed E-state index contributed by atoms with van der Waals surface area (Å²) in [6.07, 6.45) is 0.00665. The van der Waals surface area contributed by atoms with Gasteiger partial charge in [0.25, 0.3) is 5.91 Å². The standard InChI is InChI=1S/C10H16N2O5/c1-11-6(5-7(13)16-3)8(9(11)14)10(15)12(2)17-4/h6,8H,5H2,1-4H3/t6-,8-/m0/s1. The average molecular weight is 244 g/mol. The summed E-state index contributed by atoms with van der Waals surface area (Å²) in [5.41, 5.74) is 0. The van der Waals surface area contributed by atoms with Crippen molar-refractivity contribution in [2.75, 3.05) is 28.3 Å². The van der Waals surface area contributed by atoms with E-state index in [2.05, 4.69) is 4.74 Å². The second-order valence-corrected chi connectivity index (χ2v) is 3.79. The largest absolute Gasteiger partial charge is 0.469 e. The molecule has 1 aliphatic rings. The molecule has 0 unspecified atom stereocenters. The van der Waals surface area contributed by atoms with Crippen LogP contribution < -0.4 is 0 Å². The fourth-order valence-electron chi connectivity index (χ4n) is 1.75. The van der Waals surface area contributed by atoms with Gasteiger partial charge in [-0.2, -0.15) is 0 Å². The normalized spacial score (nSPS) is 23.1. The lowest BCUT2D eigenvalue weighted by atomic mass is 9.85. The molecule has 96 valence electrons. The number of carbonyl (C=O) groups excluding carboxylic acids is 3. The molecule has 0 aliphatic carbocycles. The third kappa shape index (κ3) is 2.38. The first-order valence-electron chi connectivity index (χ1n) is 5.09. The molecule has 0 aromatic carbocycles. The van der Waals surface area contributed by atoms with E-state index in [9.17, 15) is 14.4 Å². The highest BCUT2D eigenvalue weighted by atomic mass is 16.7. The third-order valence-corrected chi connectivity index (χ3v) is 2.95. The number of nitrogens with zero attached hydrogens (tertiary/aromatic N) is 2. The Bertz CT molecular complexity index is 344. The Morgan fingerprint density at radius 1 is 1.41 bits per heavy atom. The first kappa shape index (κ1) is 13.4. The molecule has 1 saturated heterocycles. The van der Waals surface area contributed by atoms with Crippen molar-refractivity contribution in [2.24, 2.45) is 5.92 Å². The Hall–Kier alpha value is -1.63. The number of β-lactam (4-membered cyclic amide) rings is 1. The summed E-state index contributed by atoms with van der Waals surface area (Å²) in [4.78, 5) is 40.6. The van der Waals surface area contributed by atoms with Gasteiger partial charge in [0.2, 0.25) is 5.91 Å². The molecule has 2 atom stereocenters. The Kier molecular flexibility index (Phi) is 4.06. The monoisotopic (exact) mass is 244 g/mol. The molecule has 0 aromatic heterocycles. The molecule has 0 saturated carbocycles. The number of hydrogen-bond donors (Lipinski definition) is 0. The third-order valence-electron chi connectivity index (χ3n) is 2.95. The second kappa shape index (κ2) is 5.13. The number of methoxy groups -OCH3 is 1. The Morgan fingerprint density at radius 2 is 2.00 bits per heavy atom.